The second kappa shape index (κ2) is 5.97. The van der Waals surface area contributed by atoms with Crippen LogP contribution >= 0.6 is 0 Å². The lowest BCUT2D eigenvalue weighted by molar-refractivity contribution is -0.145. The fourth-order valence-corrected chi connectivity index (χ4v) is 2.47. The molecule has 2 aliphatic rings. The van der Waals surface area contributed by atoms with E-state index in [2.05, 4.69) is 23.1 Å². The van der Waals surface area contributed by atoms with Crippen LogP contribution in [0.5, 0.6) is 0 Å². The fourth-order valence-electron chi connectivity index (χ4n) is 2.47. The number of piperidine rings is 1. The summed E-state index contributed by atoms with van der Waals surface area (Å²) < 4.78 is 10.7. The van der Waals surface area contributed by atoms with E-state index >= 15 is 0 Å². The molecule has 3 nitrogen and oxygen atoms in total. The first-order valence-corrected chi connectivity index (χ1v) is 6.12. The highest BCUT2D eigenvalue weighted by molar-refractivity contribution is 5.27. The lowest BCUT2D eigenvalue weighted by Crippen LogP contribution is -2.38. The zero-order chi connectivity index (χ0) is 12.1. The minimum Gasteiger partial charge on any atom is -0.356 e. The van der Waals surface area contributed by atoms with Crippen molar-refractivity contribution in [3.8, 4) is 0 Å². The fraction of sp³-hybridized carbons (Fsp3) is 0.571. The summed E-state index contributed by atoms with van der Waals surface area (Å²) in [5.74, 6) is 0.505. The number of ether oxygens (including phenoxy) is 2. The molecule has 0 aromatic carbocycles. The Labute approximate surface area is 103 Å². The molecule has 0 saturated carbocycles. The summed E-state index contributed by atoms with van der Waals surface area (Å²) in [6.45, 7) is 2.10. The van der Waals surface area contributed by atoms with E-state index in [4.69, 9.17) is 9.47 Å². The van der Waals surface area contributed by atoms with E-state index in [9.17, 15) is 0 Å². The molecule has 0 aromatic heterocycles. The third-order valence-corrected chi connectivity index (χ3v) is 3.42. The van der Waals surface area contributed by atoms with Crippen molar-refractivity contribution in [2.75, 3.05) is 27.3 Å². The molecule has 0 aromatic rings. The number of hydrogen-bond acceptors (Lipinski definition) is 3. The van der Waals surface area contributed by atoms with E-state index in [1.54, 1.807) is 14.2 Å². The summed E-state index contributed by atoms with van der Waals surface area (Å²) in [4.78, 5) is 2.37. The Balaban J connectivity index is 1.87. The second-order valence-corrected chi connectivity index (χ2v) is 4.41. The van der Waals surface area contributed by atoms with Crippen LogP contribution in [0.15, 0.2) is 30.0 Å². The molecule has 0 bridgehead atoms. The van der Waals surface area contributed by atoms with Crippen molar-refractivity contribution in [1.29, 1.82) is 0 Å². The van der Waals surface area contributed by atoms with E-state index < -0.39 is 0 Å². The van der Waals surface area contributed by atoms with Gasteiger partial charge in [-0.25, -0.2) is 0 Å². The quantitative estimate of drug-likeness (QED) is 0.549. The molecule has 1 aliphatic heterocycles. The van der Waals surface area contributed by atoms with Crippen LogP contribution in [0.4, 0.5) is 0 Å². The van der Waals surface area contributed by atoms with Crippen LogP contribution < -0.4 is 0 Å². The van der Waals surface area contributed by atoms with Gasteiger partial charge in [-0.05, 0) is 12.8 Å². The predicted octanol–water partition coefficient (Wildman–Crippen LogP) is 2.13. The molecule has 0 atom stereocenters. The van der Waals surface area contributed by atoms with Gasteiger partial charge in [0.2, 0.25) is 5.70 Å². The Morgan fingerprint density at radius 2 is 1.94 bits per heavy atom. The van der Waals surface area contributed by atoms with Crippen LogP contribution in [0.2, 0.25) is 0 Å². The molecule has 1 saturated heterocycles. The average molecular weight is 234 g/mol. The van der Waals surface area contributed by atoms with Crippen molar-refractivity contribution < 1.29 is 9.47 Å². The molecule has 1 aliphatic carbocycles. The van der Waals surface area contributed by atoms with Gasteiger partial charge in [0.15, 0.2) is 6.29 Å². The Morgan fingerprint density at radius 3 is 2.47 bits per heavy atom. The SMILES string of the molecule is COC(OC)C1CCN(C2=CC=CC=[C+]2)CC1. The maximum Gasteiger partial charge on any atom is 0.205 e. The molecular weight excluding hydrogens is 214 g/mol. The summed E-state index contributed by atoms with van der Waals surface area (Å²) in [6.07, 6.45) is 13.6. The molecule has 1 fully saturated rings. The minimum atomic E-state index is -0.0584. The van der Waals surface area contributed by atoms with Crippen molar-refractivity contribution in [1.82, 2.24) is 4.90 Å². The maximum atomic E-state index is 5.33. The van der Waals surface area contributed by atoms with Gasteiger partial charge in [0.1, 0.15) is 6.08 Å². The van der Waals surface area contributed by atoms with Crippen LogP contribution in [-0.2, 0) is 9.47 Å². The monoisotopic (exact) mass is 234 g/mol. The predicted molar refractivity (Wildman–Crippen MR) is 67.1 cm³/mol. The smallest absolute Gasteiger partial charge is 0.205 e. The van der Waals surface area contributed by atoms with Gasteiger partial charge in [0, 0.05) is 39.3 Å². The molecule has 17 heavy (non-hydrogen) atoms. The van der Waals surface area contributed by atoms with E-state index in [1.165, 1.54) is 5.70 Å². The summed E-state index contributed by atoms with van der Waals surface area (Å²) in [5, 5.41) is 0. The first-order valence-electron chi connectivity index (χ1n) is 6.12. The molecule has 1 heterocycles. The highest BCUT2D eigenvalue weighted by Gasteiger charge is 2.28. The van der Waals surface area contributed by atoms with E-state index in [-0.39, 0.29) is 6.29 Å². The summed E-state index contributed by atoms with van der Waals surface area (Å²) >= 11 is 0. The Hall–Kier alpha value is -1.15. The summed E-state index contributed by atoms with van der Waals surface area (Å²) in [5.41, 5.74) is 1.19. The van der Waals surface area contributed by atoms with Gasteiger partial charge in [0.05, 0.1) is 18.2 Å². The molecule has 0 radical (unpaired) electrons. The highest BCUT2D eigenvalue weighted by Crippen LogP contribution is 2.25. The zero-order valence-electron chi connectivity index (χ0n) is 10.6. The topological polar surface area (TPSA) is 21.7 Å². The van der Waals surface area contributed by atoms with Gasteiger partial charge in [0.25, 0.3) is 0 Å². The van der Waals surface area contributed by atoms with Crippen LogP contribution in [0, 0.1) is 12.0 Å². The maximum absolute atomic E-state index is 5.33. The van der Waals surface area contributed by atoms with Gasteiger partial charge in [-0.15, -0.1) is 0 Å². The molecule has 0 amide bonds. The Bertz CT molecular complexity index is 321. The minimum absolute atomic E-state index is 0.0584. The van der Waals surface area contributed by atoms with Crippen LogP contribution in [0.25, 0.3) is 0 Å². The van der Waals surface area contributed by atoms with Crippen molar-refractivity contribution in [2.45, 2.75) is 19.1 Å². The number of hydrogen-bond donors (Lipinski definition) is 0. The molecule has 0 spiro atoms. The number of nitrogens with zero attached hydrogens (tertiary/aromatic N) is 1. The molecule has 0 unspecified atom stereocenters. The van der Waals surface area contributed by atoms with Gasteiger partial charge >= 0.3 is 0 Å². The van der Waals surface area contributed by atoms with Gasteiger partial charge in [-0.3, -0.25) is 0 Å². The summed E-state index contributed by atoms with van der Waals surface area (Å²) in [6, 6.07) is 0. The lowest BCUT2D eigenvalue weighted by Gasteiger charge is -2.34. The average Bonchev–Trinajstić information content (AvgIpc) is 2.42. The number of likely N-dealkylation sites (tertiary alicyclic amines) is 1. The standard InChI is InChI=1S/C14H20NO2/c1-16-14(17-2)12-8-10-15(11-9-12)13-6-4-3-5-7-13/h3-6,12,14H,8-11H2,1-2H3/q+1. The van der Waals surface area contributed by atoms with Gasteiger partial charge in [-0.2, -0.15) is 0 Å². The lowest BCUT2D eigenvalue weighted by atomic mass is 9.95. The third kappa shape index (κ3) is 2.95. The first-order chi connectivity index (χ1) is 8.35. The highest BCUT2D eigenvalue weighted by atomic mass is 16.7. The largest absolute Gasteiger partial charge is 0.356 e. The van der Waals surface area contributed by atoms with Crippen LogP contribution in [-0.4, -0.2) is 38.5 Å². The van der Waals surface area contributed by atoms with Crippen molar-refractivity contribution >= 4 is 0 Å². The number of allylic oxidation sites excluding steroid dienone is 5. The summed E-state index contributed by atoms with van der Waals surface area (Å²) in [7, 11) is 3.43. The first kappa shape index (κ1) is 12.3. The molecular formula is C14H20NO2+. The van der Waals surface area contributed by atoms with Crippen LogP contribution in [0.3, 0.4) is 0 Å². The zero-order valence-corrected chi connectivity index (χ0v) is 10.6. The van der Waals surface area contributed by atoms with E-state index in [1.807, 2.05) is 12.2 Å². The van der Waals surface area contributed by atoms with E-state index in [0.29, 0.717) is 5.92 Å². The third-order valence-electron chi connectivity index (χ3n) is 3.42. The van der Waals surface area contributed by atoms with Crippen molar-refractivity contribution in [3.05, 3.63) is 36.1 Å². The number of rotatable bonds is 4. The van der Waals surface area contributed by atoms with Crippen LogP contribution in [0.1, 0.15) is 12.8 Å². The molecule has 2 rings (SSSR count). The van der Waals surface area contributed by atoms with Crippen molar-refractivity contribution in [3.63, 3.8) is 0 Å². The number of methoxy groups -OCH3 is 2. The Morgan fingerprint density at radius 1 is 1.24 bits per heavy atom. The molecule has 92 valence electrons. The van der Waals surface area contributed by atoms with Gasteiger partial charge in [-0.1, -0.05) is 0 Å². The van der Waals surface area contributed by atoms with Crippen molar-refractivity contribution in [2.24, 2.45) is 5.92 Å². The molecule has 0 N–H and O–H groups in total. The van der Waals surface area contributed by atoms with Gasteiger partial charge < -0.3 is 14.4 Å². The molecule has 3 heteroatoms. The Kier molecular flexibility index (Phi) is 4.32. The van der Waals surface area contributed by atoms with E-state index in [0.717, 1.165) is 25.9 Å². The normalized spacial score (nSPS) is 20.6. The second-order valence-electron chi connectivity index (χ2n) is 4.41.